The zero-order chi connectivity index (χ0) is 38.2. The molecule has 12 rings (SSSR count). The quantitative estimate of drug-likeness (QED) is 0.191. The normalized spacial score (nSPS) is 14.4. The summed E-state index contributed by atoms with van der Waals surface area (Å²) in [4.78, 5) is 10.3. The summed E-state index contributed by atoms with van der Waals surface area (Å²) in [7, 11) is 0. The van der Waals surface area contributed by atoms with E-state index in [0.717, 1.165) is 77.7 Å². The van der Waals surface area contributed by atoms with Gasteiger partial charge in [0.1, 0.15) is 17.6 Å². The number of amidine groups is 2. The Morgan fingerprint density at radius 3 is 1.97 bits per heavy atom. The summed E-state index contributed by atoms with van der Waals surface area (Å²) in [6, 6.07) is 68.6. The molecule has 0 spiro atoms. The number of aliphatic imine (C=N–C) groups is 2. The first-order valence-corrected chi connectivity index (χ1v) is 19.7. The van der Waals surface area contributed by atoms with Crippen LogP contribution in [-0.4, -0.2) is 16.2 Å². The first-order valence-electron chi connectivity index (χ1n) is 19.7. The van der Waals surface area contributed by atoms with Crippen molar-refractivity contribution in [3.63, 3.8) is 0 Å². The SMILES string of the molecule is c1ccc(C2=NC(c3cccc(-c4cccc5c4c4ccc6ccccc6c4n5-c4cccc5c4oc4c6ccccc6ccc54)c3)=NC(c3ccccc3)N2)cc1. The first-order chi connectivity index (χ1) is 28.8. The van der Waals surface area contributed by atoms with Crippen molar-refractivity contribution >= 4 is 77.0 Å². The van der Waals surface area contributed by atoms with Crippen molar-refractivity contribution in [1.29, 1.82) is 0 Å². The van der Waals surface area contributed by atoms with Crippen LogP contribution in [0.2, 0.25) is 0 Å². The van der Waals surface area contributed by atoms with E-state index in [1.165, 1.54) is 26.9 Å². The van der Waals surface area contributed by atoms with Crippen LogP contribution >= 0.6 is 0 Å². The summed E-state index contributed by atoms with van der Waals surface area (Å²) in [6.07, 6.45) is -0.277. The molecule has 0 amide bonds. The van der Waals surface area contributed by atoms with E-state index in [2.05, 4.69) is 180 Å². The molecule has 1 unspecified atom stereocenters. The molecule has 0 aliphatic carbocycles. The highest BCUT2D eigenvalue weighted by atomic mass is 16.3. The maximum Gasteiger partial charge on any atom is 0.159 e. The molecular formula is C53H34N4O. The Bertz CT molecular complexity index is 3480. The highest BCUT2D eigenvalue weighted by molar-refractivity contribution is 6.24. The van der Waals surface area contributed by atoms with Gasteiger partial charge in [0.25, 0.3) is 0 Å². The molecule has 58 heavy (non-hydrogen) atoms. The number of furan rings is 1. The van der Waals surface area contributed by atoms with Crippen LogP contribution < -0.4 is 5.32 Å². The van der Waals surface area contributed by atoms with Gasteiger partial charge in [-0.05, 0) is 51.7 Å². The number of aromatic nitrogens is 1. The third kappa shape index (κ3) is 5.03. The lowest BCUT2D eigenvalue weighted by molar-refractivity contribution is 0.670. The zero-order valence-electron chi connectivity index (χ0n) is 31.3. The van der Waals surface area contributed by atoms with E-state index in [0.29, 0.717) is 5.84 Å². The van der Waals surface area contributed by atoms with Gasteiger partial charge < -0.3 is 14.3 Å². The fraction of sp³-hybridized carbons (Fsp3) is 0.0189. The molecule has 0 fully saturated rings. The van der Waals surface area contributed by atoms with Gasteiger partial charge in [-0.25, -0.2) is 9.98 Å². The second kappa shape index (κ2) is 12.9. The summed E-state index contributed by atoms with van der Waals surface area (Å²) in [5, 5.41) is 12.8. The topological polar surface area (TPSA) is 54.8 Å². The summed E-state index contributed by atoms with van der Waals surface area (Å²) < 4.78 is 9.38. The number of rotatable bonds is 5. The van der Waals surface area contributed by atoms with Gasteiger partial charge in [0.2, 0.25) is 0 Å². The van der Waals surface area contributed by atoms with Crippen molar-refractivity contribution in [2.24, 2.45) is 9.98 Å². The molecule has 272 valence electrons. The van der Waals surface area contributed by atoms with Crippen LogP contribution in [0.25, 0.3) is 82.1 Å². The van der Waals surface area contributed by atoms with Crippen molar-refractivity contribution in [2.45, 2.75) is 6.17 Å². The number of para-hydroxylation sites is 1. The molecule has 3 heterocycles. The number of hydrogen-bond acceptors (Lipinski definition) is 4. The fourth-order valence-electron chi connectivity index (χ4n) is 8.96. The summed E-state index contributed by atoms with van der Waals surface area (Å²) in [6.45, 7) is 0. The number of fused-ring (bicyclic) bond motifs is 10. The maximum absolute atomic E-state index is 6.96. The lowest BCUT2D eigenvalue weighted by Crippen LogP contribution is -2.33. The Balaban J connectivity index is 1.09. The van der Waals surface area contributed by atoms with E-state index < -0.39 is 0 Å². The van der Waals surface area contributed by atoms with Crippen LogP contribution in [0.4, 0.5) is 0 Å². The van der Waals surface area contributed by atoms with E-state index >= 15 is 0 Å². The van der Waals surface area contributed by atoms with Gasteiger partial charge in [-0.1, -0.05) is 170 Å². The Morgan fingerprint density at radius 2 is 1.12 bits per heavy atom. The Kier molecular flexibility index (Phi) is 7.23. The Labute approximate surface area is 333 Å². The maximum atomic E-state index is 6.96. The zero-order valence-corrected chi connectivity index (χ0v) is 31.3. The van der Waals surface area contributed by atoms with Crippen molar-refractivity contribution in [3.05, 3.63) is 211 Å². The fourth-order valence-corrected chi connectivity index (χ4v) is 8.96. The monoisotopic (exact) mass is 742 g/mol. The highest BCUT2D eigenvalue weighted by Crippen LogP contribution is 2.44. The lowest BCUT2D eigenvalue weighted by atomic mass is 9.96. The molecule has 1 atom stereocenters. The van der Waals surface area contributed by atoms with Crippen molar-refractivity contribution < 1.29 is 4.42 Å². The van der Waals surface area contributed by atoms with Gasteiger partial charge in [0, 0.05) is 43.4 Å². The second-order valence-corrected chi connectivity index (χ2v) is 15.0. The molecule has 11 aromatic rings. The van der Waals surface area contributed by atoms with Crippen LogP contribution in [-0.2, 0) is 0 Å². The van der Waals surface area contributed by atoms with Crippen LogP contribution in [0.5, 0.6) is 0 Å². The Hall–Kier alpha value is -7.76. The van der Waals surface area contributed by atoms with Gasteiger partial charge in [0.05, 0.1) is 16.7 Å². The molecule has 9 aromatic carbocycles. The number of nitrogens with zero attached hydrogens (tertiary/aromatic N) is 3. The van der Waals surface area contributed by atoms with Gasteiger partial charge >= 0.3 is 0 Å². The molecule has 1 aliphatic rings. The molecule has 2 aromatic heterocycles. The van der Waals surface area contributed by atoms with Crippen LogP contribution in [0.1, 0.15) is 22.9 Å². The molecule has 0 saturated heterocycles. The molecule has 1 aliphatic heterocycles. The van der Waals surface area contributed by atoms with Gasteiger partial charge in [0.15, 0.2) is 11.4 Å². The highest BCUT2D eigenvalue weighted by Gasteiger charge is 2.24. The molecule has 0 bridgehead atoms. The van der Waals surface area contributed by atoms with Gasteiger partial charge in [-0.15, -0.1) is 0 Å². The minimum atomic E-state index is -0.277. The van der Waals surface area contributed by atoms with Crippen LogP contribution in [0.3, 0.4) is 0 Å². The summed E-state index contributed by atoms with van der Waals surface area (Å²) in [5.41, 5.74) is 10.4. The van der Waals surface area contributed by atoms with Crippen LogP contribution in [0.15, 0.2) is 209 Å². The average molecular weight is 743 g/mol. The van der Waals surface area contributed by atoms with Crippen molar-refractivity contribution in [3.8, 4) is 16.8 Å². The standard InChI is InChI=1S/C53H34N4O/c1-3-16-35(17-4-1)51-54-52(36-18-5-2-6-19-36)56-53(55-51)38-21-11-20-37(32-38)39-24-12-26-45-47(39)44-31-29-33-14-7-9-22-40(33)48(44)57(45)46-27-13-25-42-43-30-28-34-15-8-10-23-41(34)49(43)58-50(42)46/h1-32,51H,(H,54,55,56). The first kappa shape index (κ1) is 32.5. The van der Waals surface area contributed by atoms with E-state index in [9.17, 15) is 0 Å². The number of benzene rings is 9. The predicted molar refractivity (Wildman–Crippen MR) is 240 cm³/mol. The minimum absolute atomic E-state index is 0.277. The van der Waals surface area contributed by atoms with E-state index in [-0.39, 0.29) is 6.17 Å². The molecule has 0 saturated carbocycles. The summed E-state index contributed by atoms with van der Waals surface area (Å²) in [5.74, 6) is 1.49. The predicted octanol–water partition coefficient (Wildman–Crippen LogP) is 13.2. The smallest absolute Gasteiger partial charge is 0.159 e. The van der Waals surface area contributed by atoms with Gasteiger partial charge in [-0.2, -0.15) is 0 Å². The minimum Gasteiger partial charge on any atom is -0.453 e. The number of nitrogens with one attached hydrogen (secondary N) is 1. The molecule has 0 radical (unpaired) electrons. The molecule has 5 heteroatoms. The third-order valence-corrected chi connectivity index (χ3v) is 11.6. The lowest BCUT2D eigenvalue weighted by Gasteiger charge is -2.23. The Morgan fingerprint density at radius 1 is 0.483 bits per heavy atom. The van der Waals surface area contributed by atoms with Gasteiger partial charge in [-0.3, -0.25) is 0 Å². The van der Waals surface area contributed by atoms with E-state index in [1.54, 1.807) is 0 Å². The second-order valence-electron chi connectivity index (χ2n) is 15.0. The van der Waals surface area contributed by atoms with Crippen LogP contribution in [0, 0.1) is 0 Å². The molecular weight excluding hydrogens is 709 g/mol. The largest absolute Gasteiger partial charge is 0.453 e. The number of hydrogen-bond donors (Lipinski definition) is 1. The van der Waals surface area contributed by atoms with E-state index in [1.807, 2.05) is 24.3 Å². The average Bonchev–Trinajstić information content (AvgIpc) is 3.86. The molecule has 1 N–H and O–H groups in total. The van der Waals surface area contributed by atoms with E-state index in [4.69, 9.17) is 14.4 Å². The molecule has 5 nitrogen and oxygen atoms in total. The third-order valence-electron chi connectivity index (χ3n) is 11.6. The summed E-state index contributed by atoms with van der Waals surface area (Å²) >= 11 is 0. The van der Waals surface area contributed by atoms with Crippen molar-refractivity contribution in [2.75, 3.05) is 0 Å². The van der Waals surface area contributed by atoms with Crippen molar-refractivity contribution in [1.82, 2.24) is 9.88 Å².